The minimum Gasteiger partial charge on any atom is -0.381 e. The zero-order valence-corrected chi connectivity index (χ0v) is 12.9. The van der Waals surface area contributed by atoms with Crippen LogP contribution in [0.1, 0.15) is 24.0 Å². The van der Waals surface area contributed by atoms with Crippen LogP contribution in [0.4, 0.5) is 5.69 Å². The average molecular weight is 290 g/mol. The minimum atomic E-state index is 0.643. The molecule has 112 valence electrons. The summed E-state index contributed by atoms with van der Waals surface area (Å²) < 4.78 is 0. The van der Waals surface area contributed by atoms with Crippen LogP contribution in [0.15, 0.2) is 42.5 Å². The first kappa shape index (κ1) is 12.7. The Morgan fingerprint density at radius 2 is 1.73 bits per heavy atom. The molecule has 22 heavy (non-hydrogen) atoms. The second-order valence-electron chi connectivity index (χ2n) is 7.09. The number of rotatable bonds is 2. The van der Waals surface area contributed by atoms with Gasteiger partial charge in [0.05, 0.1) is 0 Å². The standard InChI is InChI=1S/C20H22N2/c1-2-4-18-15(3-1)11-16-12-17(5-6-19(16)18)21-20-13-22-9-7-14(20)8-10-22/h1-6,12,14,20-21H,7-11,13H2. The molecule has 0 amide bonds. The fourth-order valence-corrected chi connectivity index (χ4v) is 4.58. The predicted octanol–water partition coefficient (Wildman–Crippen LogP) is 3.76. The Balaban J connectivity index is 1.41. The largest absolute Gasteiger partial charge is 0.381 e. The van der Waals surface area contributed by atoms with Gasteiger partial charge in [-0.15, -0.1) is 0 Å². The van der Waals surface area contributed by atoms with Crippen molar-refractivity contribution in [3.05, 3.63) is 53.6 Å². The van der Waals surface area contributed by atoms with Gasteiger partial charge in [0.25, 0.3) is 0 Å². The summed E-state index contributed by atoms with van der Waals surface area (Å²) in [4.78, 5) is 2.61. The first-order valence-corrected chi connectivity index (χ1v) is 8.57. The van der Waals surface area contributed by atoms with Gasteiger partial charge in [-0.3, -0.25) is 0 Å². The summed E-state index contributed by atoms with van der Waals surface area (Å²) in [7, 11) is 0. The molecule has 1 N–H and O–H groups in total. The topological polar surface area (TPSA) is 15.3 Å². The lowest BCUT2D eigenvalue weighted by molar-refractivity contribution is 0.0975. The van der Waals surface area contributed by atoms with Crippen molar-refractivity contribution in [3.8, 4) is 11.1 Å². The van der Waals surface area contributed by atoms with Gasteiger partial charge in [-0.05, 0) is 72.7 Å². The van der Waals surface area contributed by atoms with E-state index < -0.39 is 0 Å². The molecule has 3 heterocycles. The molecule has 1 aliphatic carbocycles. The van der Waals surface area contributed by atoms with Gasteiger partial charge in [-0.1, -0.05) is 30.3 Å². The molecular weight excluding hydrogens is 268 g/mol. The van der Waals surface area contributed by atoms with E-state index in [0.717, 1.165) is 12.3 Å². The molecule has 0 aromatic heterocycles. The molecule has 3 fully saturated rings. The molecular formula is C20H22N2. The highest BCUT2D eigenvalue weighted by molar-refractivity contribution is 5.78. The highest BCUT2D eigenvalue weighted by atomic mass is 15.2. The Kier molecular flexibility index (Phi) is 2.80. The van der Waals surface area contributed by atoms with Crippen LogP contribution in [-0.2, 0) is 6.42 Å². The van der Waals surface area contributed by atoms with Crippen molar-refractivity contribution in [2.24, 2.45) is 5.92 Å². The minimum absolute atomic E-state index is 0.643. The summed E-state index contributed by atoms with van der Waals surface area (Å²) in [5.74, 6) is 0.871. The van der Waals surface area contributed by atoms with Crippen LogP contribution in [0.5, 0.6) is 0 Å². The first-order chi connectivity index (χ1) is 10.9. The highest BCUT2D eigenvalue weighted by Crippen LogP contribution is 2.38. The lowest BCUT2D eigenvalue weighted by Crippen LogP contribution is -2.53. The number of hydrogen-bond acceptors (Lipinski definition) is 2. The van der Waals surface area contributed by atoms with Gasteiger partial charge in [0.15, 0.2) is 0 Å². The molecule has 0 spiro atoms. The Labute approximate surface area is 132 Å². The third kappa shape index (κ3) is 1.98. The number of nitrogens with zero attached hydrogens (tertiary/aromatic N) is 1. The van der Waals surface area contributed by atoms with Crippen LogP contribution in [-0.4, -0.2) is 30.6 Å². The molecule has 1 atom stereocenters. The van der Waals surface area contributed by atoms with Gasteiger partial charge in [0.1, 0.15) is 0 Å². The van der Waals surface area contributed by atoms with Gasteiger partial charge in [-0.2, -0.15) is 0 Å². The maximum absolute atomic E-state index is 3.83. The van der Waals surface area contributed by atoms with Crippen molar-refractivity contribution in [1.29, 1.82) is 0 Å². The van der Waals surface area contributed by atoms with Crippen LogP contribution in [0.3, 0.4) is 0 Å². The molecule has 2 bridgehead atoms. The SMILES string of the molecule is c1ccc2c(c1)Cc1cc(NC3CN4CCC3CC4)ccc1-2. The molecule has 3 aliphatic heterocycles. The van der Waals surface area contributed by atoms with Crippen molar-refractivity contribution in [1.82, 2.24) is 4.90 Å². The molecule has 4 aliphatic rings. The van der Waals surface area contributed by atoms with E-state index >= 15 is 0 Å². The molecule has 2 aromatic carbocycles. The maximum atomic E-state index is 3.83. The van der Waals surface area contributed by atoms with Crippen molar-refractivity contribution < 1.29 is 0 Å². The molecule has 6 rings (SSSR count). The summed E-state index contributed by atoms with van der Waals surface area (Å²) in [6.07, 6.45) is 3.82. The monoisotopic (exact) mass is 290 g/mol. The third-order valence-electron chi connectivity index (χ3n) is 5.80. The number of benzene rings is 2. The zero-order chi connectivity index (χ0) is 14.5. The smallest absolute Gasteiger partial charge is 0.0417 e. The second kappa shape index (κ2) is 4.85. The van der Waals surface area contributed by atoms with Gasteiger partial charge < -0.3 is 10.2 Å². The van der Waals surface area contributed by atoms with E-state index in [1.54, 1.807) is 0 Å². The molecule has 3 saturated heterocycles. The number of piperidine rings is 3. The summed E-state index contributed by atoms with van der Waals surface area (Å²) in [6.45, 7) is 3.84. The normalized spacial score (nSPS) is 28.3. The molecule has 0 saturated carbocycles. The summed E-state index contributed by atoms with van der Waals surface area (Å²) in [5, 5.41) is 3.83. The van der Waals surface area contributed by atoms with Crippen molar-refractivity contribution in [2.45, 2.75) is 25.3 Å². The van der Waals surface area contributed by atoms with Crippen molar-refractivity contribution in [3.63, 3.8) is 0 Å². The van der Waals surface area contributed by atoms with Gasteiger partial charge >= 0.3 is 0 Å². The highest BCUT2D eigenvalue weighted by Gasteiger charge is 2.34. The third-order valence-corrected chi connectivity index (χ3v) is 5.80. The Morgan fingerprint density at radius 1 is 0.909 bits per heavy atom. The van der Waals surface area contributed by atoms with E-state index in [-0.39, 0.29) is 0 Å². The van der Waals surface area contributed by atoms with E-state index in [0.29, 0.717) is 6.04 Å². The van der Waals surface area contributed by atoms with E-state index in [1.165, 1.54) is 60.4 Å². The van der Waals surface area contributed by atoms with Gasteiger partial charge in [0, 0.05) is 18.3 Å². The average Bonchev–Trinajstić information content (AvgIpc) is 2.93. The Bertz CT molecular complexity index is 713. The number of nitrogens with one attached hydrogen (secondary N) is 1. The molecule has 2 nitrogen and oxygen atoms in total. The number of hydrogen-bond donors (Lipinski definition) is 1. The summed E-state index contributed by atoms with van der Waals surface area (Å²) >= 11 is 0. The Hall–Kier alpha value is -1.80. The number of anilines is 1. The molecule has 2 aromatic rings. The van der Waals surface area contributed by atoms with Crippen LogP contribution >= 0.6 is 0 Å². The lowest BCUT2D eigenvalue weighted by Gasteiger charge is -2.45. The van der Waals surface area contributed by atoms with Crippen LogP contribution in [0.25, 0.3) is 11.1 Å². The van der Waals surface area contributed by atoms with E-state index in [9.17, 15) is 0 Å². The number of fused-ring (bicyclic) bond motifs is 6. The zero-order valence-electron chi connectivity index (χ0n) is 12.9. The van der Waals surface area contributed by atoms with Crippen molar-refractivity contribution in [2.75, 3.05) is 25.0 Å². The van der Waals surface area contributed by atoms with Crippen LogP contribution < -0.4 is 5.32 Å². The first-order valence-electron chi connectivity index (χ1n) is 8.57. The van der Waals surface area contributed by atoms with E-state index in [4.69, 9.17) is 0 Å². The summed E-state index contributed by atoms with van der Waals surface area (Å²) in [6, 6.07) is 16.4. The van der Waals surface area contributed by atoms with Gasteiger partial charge in [-0.25, -0.2) is 0 Å². The fourth-order valence-electron chi connectivity index (χ4n) is 4.58. The summed E-state index contributed by atoms with van der Waals surface area (Å²) in [5.41, 5.74) is 7.11. The van der Waals surface area contributed by atoms with Crippen molar-refractivity contribution >= 4 is 5.69 Å². The molecule has 1 unspecified atom stereocenters. The molecule has 2 heteroatoms. The Morgan fingerprint density at radius 3 is 2.55 bits per heavy atom. The second-order valence-corrected chi connectivity index (χ2v) is 7.09. The quantitative estimate of drug-likeness (QED) is 0.773. The van der Waals surface area contributed by atoms with E-state index in [2.05, 4.69) is 52.7 Å². The maximum Gasteiger partial charge on any atom is 0.0417 e. The van der Waals surface area contributed by atoms with Crippen LogP contribution in [0, 0.1) is 5.92 Å². The predicted molar refractivity (Wildman–Crippen MR) is 91.3 cm³/mol. The molecule has 0 radical (unpaired) electrons. The van der Waals surface area contributed by atoms with Gasteiger partial charge in [0.2, 0.25) is 0 Å². The van der Waals surface area contributed by atoms with E-state index in [1.807, 2.05) is 0 Å². The fraction of sp³-hybridized carbons (Fsp3) is 0.400. The van der Waals surface area contributed by atoms with Crippen LogP contribution in [0.2, 0.25) is 0 Å². The lowest BCUT2D eigenvalue weighted by atomic mass is 9.84.